The van der Waals surface area contributed by atoms with Gasteiger partial charge in [-0.15, -0.1) is 0 Å². The zero-order chi connectivity index (χ0) is 15.4. The van der Waals surface area contributed by atoms with Gasteiger partial charge in [-0.3, -0.25) is 4.98 Å². The molecule has 2 N–H and O–H groups in total. The molecule has 0 aliphatic carbocycles. The van der Waals surface area contributed by atoms with Crippen molar-refractivity contribution >= 4 is 6.03 Å². The average molecular weight is 297 g/mol. The first-order valence-electron chi connectivity index (χ1n) is 7.46. The van der Waals surface area contributed by atoms with Crippen molar-refractivity contribution in [3.8, 4) is 5.75 Å². The van der Waals surface area contributed by atoms with Gasteiger partial charge in [0.1, 0.15) is 12.4 Å². The number of ether oxygens (including phenoxy) is 1. The fraction of sp³-hybridized carbons (Fsp3) is 0.294. The van der Waals surface area contributed by atoms with Crippen molar-refractivity contribution in [2.45, 2.75) is 25.4 Å². The Labute approximate surface area is 129 Å². The normalized spacial score (nSPS) is 17.2. The molecule has 0 unspecified atom stereocenters. The summed E-state index contributed by atoms with van der Waals surface area (Å²) in [6.07, 6.45) is 4.28. The number of hydrogen-bond acceptors (Lipinski definition) is 3. The Hall–Kier alpha value is -2.56. The van der Waals surface area contributed by atoms with Crippen LogP contribution in [0.4, 0.5) is 4.79 Å². The third-order valence-corrected chi connectivity index (χ3v) is 3.83. The summed E-state index contributed by atoms with van der Waals surface area (Å²) in [5.41, 5.74) is 2.07. The third-order valence-electron chi connectivity index (χ3n) is 3.83. The molecule has 3 rings (SSSR count). The molecular weight excluding hydrogens is 278 g/mol. The summed E-state index contributed by atoms with van der Waals surface area (Å²) >= 11 is 0. The van der Waals surface area contributed by atoms with Gasteiger partial charge >= 0.3 is 6.03 Å². The Morgan fingerprint density at radius 3 is 2.86 bits per heavy atom. The number of aromatic nitrogens is 1. The van der Waals surface area contributed by atoms with Crippen molar-refractivity contribution in [1.29, 1.82) is 0 Å². The van der Waals surface area contributed by atoms with Crippen LogP contribution in [0.3, 0.4) is 0 Å². The van der Waals surface area contributed by atoms with Crippen LogP contribution >= 0.6 is 0 Å². The number of amides is 2. The molecule has 0 bridgehead atoms. The molecule has 5 nitrogen and oxygen atoms in total. The molecule has 1 aliphatic heterocycles. The first kappa shape index (κ1) is 14.4. The summed E-state index contributed by atoms with van der Waals surface area (Å²) in [6.45, 7) is 2.51. The van der Waals surface area contributed by atoms with E-state index >= 15 is 0 Å². The van der Waals surface area contributed by atoms with E-state index in [0.29, 0.717) is 6.61 Å². The molecule has 0 saturated carbocycles. The summed E-state index contributed by atoms with van der Waals surface area (Å²) < 4.78 is 5.58. The molecule has 1 aliphatic rings. The number of pyridine rings is 1. The molecule has 0 radical (unpaired) electrons. The Kier molecular flexibility index (Phi) is 4.23. The van der Waals surface area contributed by atoms with E-state index in [1.165, 1.54) is 0 Å². The summed E-state index contributed by atoms with van der Waals surface area (Å²) in [5.74, 6) is 0.842. The quantitative estimate of drug-likeness (QED) is 0.912. The highest BCUT2D eigenvalue weighted by molar-refractivity contribution is 5.75. The van der Waals surface area contributed by atoms with Crippen molar-refractivity contribution in [3.63, 3.8) is 0 Å². The van der Waals surface area contributed by atoms with E-state index in [1.54, 1.807) is 12.4 Å². The average Bonchev–Trinajstić information content (AvgIpc) is 2.96. The standard InChI is InChI=1S/C17H19N3O2/c1-2-14(12-7-9-18-10-8-12)19-17(21)20-15-11-22-16-6-4-3-5-13(15)16/h3-10,14-15H,2,11H2,1H3,(H2,19,20,21)/t14-,15-/m0/s1. The van der Waals surface area contributed by atoms with Crippen LogP contribution in [0.1, 0.15) is 36.6 Å². The number of carbonyl (C=O) groups excluding carboxylic acids is 1. The predicted octanol–water partition coefficient (Wildman–Crippen LogP) is 2.97. The summed E-state index contributed by atoms with van der Waals surface area (Å²) in [6, 6.07) is 11.3. The van der Waals surface area contributed by atoms with Crippen LogP contribution < -0.4 is 15.4 Å². The molecule has 22 heavy (non-hydrogen) atoms. The number of para-hydroxylation sites is 1. The van der Waals surface area contributed by atoms with Crippen molar-refractivity contribution in [1.82, 2.24) is 15.6 Å². The van der Waals surface area contributed by atoms with Crippen LogP contribution in [-0.2, 0) is 0 Å². The Morgan fingerprint density at radius 2 is 2.09 bits per heavy atom. The number of benzene rings is 1. The summed E-state index contributed by atoms with van der Waals surface area (Å²) in [5, 5.41) is 5.99. The van der Waals surface area contributed by atoms with Crippen molar-refractivity contribution < 1.29 is 9.53 Å². The predicted molar refractivity (Wildman–Crippen MR) is 83.6 cm³/mol. The van der Waals surface area contributed by atoms with Crippen LogP contribution in [0.15, 0.2) is 48.8 Å². The number of carbonyl (C=O) groups is 1. The van der Waals surface area contributed by atoms with E-state index in [1.807, 2.05) is 43.3 Å². The molecule has 2 aromatic rings. The Balaban J connectivity index is 1.63. The van der Waals surface area contributed by atoms with Crippen molar-refractivity contribution in [2.75, 3.05) is 6.61 Å². The lowest BCUT2D eigenvalue weighted by Gasteiger charge is -2.19. The van der Waals surface area contributed by atoms with E-state index in [0.717, 1.165) is 23.3 Å². The van der Waals surface area contributed by atoms with E-state index in [2.05, 4.69) is 15.6 Å². The van der Waals surface area contributed by atoms with Crippen LogP contribution in [0, 0.1) is 0 Å². The zero-order valence-electron chi connectivity index (χ0n) is 12.5. The highest BCUT2D eigenvalue weighted by atomic mass is 16.5. The Bertz CT molecular complexity index is 639. The highest BCUT2D eigenvalue weighted by Gasteiger charge is 2.25. The minimum atomic E-state index is -0.186. The first-order valence-corrected chi connectivity index (χ1v) is 7.46. The van der Waals surface area contributed by atoms with Gasteiger partial charge in [-0.2, -0.15) is 0 Å². The zero-order valence-corrected chi connectivity index (χ0v) is 12.5. The number of rotatable bonds is 4. The van der Waals surface area contributed by atoms with Gasteiger partial charge in [-0.05, 0) is 30.2 Å². The lowest BCUT2D eigenvalue weighted by atomic mass is 10.1. The molecule has 0 spiro atoms. The van der Waals surface area contributed by atoms with Gasteiger partial charge in [0, 0.05) is 18.0 Å². The Morgan fingerprint density at radius 1 is 1.32 bits per heavy atom. The maximum absolute atomic E-state index is 12.3. The van der Waals surface area contributed by atoms with Crippen molar-refractivity contribution in [3.05, 3.63) is 59.9 Å². The van der Waals surface area contributed by atoms with Gasteiger partial charge in [0.05, 0.1) is 12.1 Å². The maximum Gasteiger partial charge on any atom is 0.315 e. The monoisotopic (exact) mass is 297 g/mol. The van der Waals surface area contributed by atoms with E-state index in [-0.39, 0.29) is 18.1 Å². The number of nitrogens with one attached hydrogen (secondary N) is 2. The lowest BCUT2D eigenvalue weighted by molar-refractivity contribution is 0.228. The van der Waals surface area contributed by atoms with Crippen LogP contribution in [0.5, 0.6) is 5.75 Å². The van der Waals surface area contributed by atoms with E-state index < -0.39 is 0 Å². The van der Waals surface area contributed by atoms with E-state index in [9.17, 15) is 4.79 Å². The third kappa shape index (κ3) is 3.03. The fourth-order valence-electron chi connectivity index (χ4n) is 2.66. The number of fused-ring (bicyclic) bond motifs is 1. The second-order valence-corrected chi connectivity index (χ2v) is 5.26. The molecule has 0 saturated heterocycles. The SMILES string of the molecule is CC[C@H](NC(=O)N[C@H]1COc2ccccc21)c1ccncc1. The maximum atomic E-state index is 12.3. The summed E-state index contributed by atoms with van der Waals surface area (Å²) in [7, 11) is 0. The molecule has 0 fully saturated rings. The van der Waals surface area contributed by atoms with E-state index in [4.69, 9.17) is 4.74 Å². The van der Waals surface area contributed by atoms with Gasteiger partial charge in [0.15, 0.2) is 0 Å². The smallest absolute Gasteiger partial charge is 0.315 e. The van der Waals surface area contributed by atoms with Gasteiger partial charge in [0.25, 0.3) is 0 Å². The highest BCUT2D eigenvalue weighted by Crippen LogP contribution is 2.31. The topological polar surface area (TPSA) is 63.2 Å². The largest absolute Gasteiger partial charge is 0.491 e. The fourth-order valence-corrected chi connectivity index (χ4v) is 2.66. The molecule has 2 amide bonds. The first-order chi connectivity index (χ1) is 10.8. The molecule has 114 valence electrons. The van der Waals surface area contributed by atoms with Crippen molar-refractivity contribution in [2.24, 2.45) is 0 Å². The van der Waals surface area contributed by atoms with Crippen LogP contribution in [0.2, 0.25) is 0 Å². The number of nitrogens with zero attached hydrogens (tertiary/aromatic N) is 1. The minimum absolute atomic E-state index is 0.0273. The second kappa shape index (κ2) is 6.47. The minimum Gasteiger partial charge on any atom is -0.491 e. The van der Waals surface area contributed by atoms with Gasteiger partial charge in [-0.25, -0.2) is 4.79 Å². The van der Waals surface area contributed by atoms with Crippen LogP contribution in [-0.4, -0.2) is 17.6 Å². The van der Waals surface area contributed by atoms with Gasteiger partial charge in [0.2, 0.25) is 0 Å². The molecule has 5 heteroatoms. The number of hydrogen-bond donors (Lipinski definition) is 2. The molecular formula is C17H19N3O2. The molecule has 1 aromatic carbocycles. The lowest BCUT2D eigenvalue weighted by Crippen LogP contribution is -2.40. The summed E-state index contributed by atoms with van der Waals surface area (Å²) in [4.78, 5) is 16.3. The van der Waals surface area contributed by atoms with Gasteiger partial charge < -0.3 is 15.4 Å². The number of urea groups is 1. The molecule has 2 atom stereocenters. The molecule has 2 heterocycles. The second-order valence-electron chi connectivity index (χ2n) is 5.26. The van der Waals surface area contributed by atoms with Crippen LogP contribution in [0.25, 0.3) is 0 Å². The molecule has 1 aromatic heterocycles. The van der Waals surface area contributed by atoms with Gasteiger partial charge in [-0.1, -0.05) is 25.1 Å².